The fourth-order valence-corrected chi connectivity index (χ4v) is 4.49. The molecule has 3 N–H and O–H groups in total. The Labute approximate surface area is 150 Å². The first-order valence-corrected chi connectivity index (χ1v) is 9.87. The molecule has 3 rings (SSSR count). The quantitative estimate of drug-likeness (QED) is 0.669. The monoisotopic (exact) mass is 356 g/mol. The van der Waals surface area contributed by atoms with E-state index in [0.29, 0.717) is 19.6 Å². The van der Waals surface area contributed by atoms with Gasteiger partial charge in [-0.3, -0.25) is 10.1 Å². The Morgan fingerprint density at radius 3 is 2.48 bits per heavy atom. The molecule has 2 heterocycles. The third-order valence-electron chi connectivity index (χ3n) is 5.76. The second kappa shape index (κ2) is 8.29. The molecule has 3 fully saturated rings. The molecule has 144 valence electrons. The predicted molar refractivity (Wildman–Crippen MR) is 94.3 cm³/mol. The second-order valence-corrected chi connectivity index (χ2v) is 7.93. The molecule has 7 heteroatoms. The number of hydrogen-bond acceptors (Lipinski definition) is 5. The summed E-state index contributed by atoms with van der Waals surface area (Å²) >= 11 is 0. The molecular weight excluding hydrogens is 323 g/mol. The van der Waals surface area contributed by atoms with Gasteiger partial charge < -0.3 is 9.64 Å². The number of ether oxygens (including phenoxy) is 1. The Balaban J connectivity index is 1.69. The molecule has 0 radical (unpaired) electrons. The molecule has 1 amide bonds. The van der Waals surface area contributed by atoms with E-state index in [0.717, 1.165) is 25.7 Å². The van der Waals surface area contributed by atoms with E-state index in [9.17, 15) is 9.18 Å². The number of amides is 1. The van der Waals surface area contributed by atoms with Crippen molar-refractivity contribution in [1.29, 1.82) is 0 Å². The van der Waals surface area contributed by atoms with E-state index in [2.05, 4.69) is 16.2 Å². The molecule has 6 nitrogen and oxygen atoms in total. The first-order chi connectivity index (χ1) is 12.0. The number of hydrogen-bond donors (Lipinski definition) is 3. The highest BCUT2D eigenvalue weighted by Crippen LogP contribution is 2.33. The Morgan fingerprint density at radius 2 is 1.92 bits per heavy atom. The Hall–Kier alpha value is -0.760. The number of likely N-dealkylation sites (tertiary alicyclic amines) is 1. The smallest absolute Gasteiger partial charge is 0.259 e. The predicted octanol–water partition coefficient (Wildman–Crippen LogP) is 1.67. The molecule has 1 unspecified atom stereocenters. The maximum absolute atomic E-state index is 14.6. The van der Waals surface area contributed by atoms with E-state index in [1.807, 2.05) is 13.8 Å². The van der Waals surface area contributed by atoms with Crippen LogP contribution in [0.5, 0.6) is 0 Å². The summed E-state index contributed by atoms with van der Waals surface area (Å²) in [6, 6.07) is 0. The standard InChI is InChI=1S/C18H33FN4O2/c1-13(2)25-16-9-10-23(11-15(16)19)17(24)18(20-12-21-22-18)14-7-5-3-4-6-8-14/h13-16,20-22H,3-12H2,1-2H3/t15-,16+,18?/m1/s1. The fraction of sp³-hybridized carbons (Fsp3) is 0.944. The number of rotatable bonds is 4. The van der Waals surface area contributed by atoms with Crippen molar-refractivity contribution >= 4 is 5.91 Å². The molecule has 3 aliphatic rings. The average Bonchev–Trinajstić information content (AvgIpc) is 2.92. The van der Waals surface area contributed by atoms with Crippen molar-refractivity contribution in [1.82, 2.24) is 21.1 Å². The second-order valence-electron chi connectivity index (χ2n) is 7.93. The lowest BCUT2D eigenvalue weighted by Gasteiger charge is -2.42. The van der Waals surface area contributed by atoms with Crippen LogP contribution in [0.15, 0.2) is 0 Å². The summed E-state index contributed by atoms with van der Waals surface area (Å²) in [6.07, 6.45) is 5.86. The molecule has 0 spiro atoms. The minimum Gasteiger partial charge on any atom is -0.372 e. The highest BCUT2D eigenvalue weighted by Gasteiger charge is 2.50. The summed E-state index contributed by atoms with van der Waals surface area (Å²) in [5.41, 5.74) is 5.49. The van der Waals surface area contributed by atoms with Gasteiger partial charge in [0.15, 0.2) is 5.66 Å². The third-order valence-corrected chi connectivity index (χ3v) is 5.76. The zero-order valence-electron chi connectivity index (χ0n) is 15.5. The molecule has 2 aliphatic heterocycles. The molecule has 3 atom stereocenters. The maximum Gasteiger partial charge on any atom is 0.259 e. The van der Waals surface area contributed by atoms with Crippen molar-refractivity contribution in [2.45, 2.75) is 82.8 Å². The Kier molecular flexibility index (Phi) is 6.30. The van der Waals surface area contributed by atoms with Crippen LogP contribution in [0.4, 0.5) is 4.39 Å². The van der Waals surface area contributed by atoms with E-state index >= 15 is 0 Å². The van der Waals surface area contributed by atoms with Crippen LogP contribution in [-0.4, -0.2) is 54.6 Å². The van der Waals surface area contributed by atoms with Gasteiger partial charge in [-0.25, -0.2) is 15.2 Å². The molecular formula is C18H33FN4O2. The van der Waals surface area contributed by atoms with Gasteiger partial charge in [-0.2, -0.15) is 0 Å². The van der Waals surface area contributed by atoms with Gasteiger partial charge in [-0.05, 0) is 33.1 Å². The van der Waals surface area contributed by atoms with Crippen molar-refractivity contribution in [2.75, 3.05) is 19.8 Å². The van der Waals surface area contributed by atoms with Crippen molar-refractivity contribution < 1.29 is 13.9 Å². The van der Waals surface area contributed by atoms with Crippen molar-refractivity contribution in [2.24, 2.45) is 5.92 Å². The van der Waals surface area contributed by atoms with Crippen LogP contribution in [0.2, 0.25) is 0 Å². The summed E-state index contributed by atoms with van der Waals surface area (Å²) in [5.74, 6) is 0.218. The summed E-state index contributed by atoms with van der Waals surface area (Å²) in [5, 5.41) is 3.36. The number of nitrogens with one attached hydrogen (secondary N) is 3. The topological polar surface area (TPSA) is 65.6 Å². The van der Waals surface area contributed by atoms with Crippen LogP contribution in [0, 0.1) is 5.92 Å². The zero-order chi connectivity index (χ0) is 17.9. The number of halogens is 1. The first kappa shape index (κ1) is 19.0. The minimum atomic E-state index is -1.12. The van der Waals surface area contributed by atoms with Crippen LogP contribution in [0.3, 0.4) is 0 Å². The van der Waals surface area contributed by atoms with Crippen LogP contribution < -0.4 is 16.2 Å². The van der Waals surface area contributed by atoms with E-state index in [-0.39, 0.29) is 24.5 Å². The van der Waals surface area contributed by atoms with Gasteiger partial charge in [0.05, 0.1) is 25.4 Å². The molecule has 2 saturated heterocycles. The first-order valence-electron chi connectivity index (χ1n) is 9.87. The highest BCUT2D eigenvalue weighted by molar-refractivity contribution is 5.86. The lowest BCUT2D eigenvalue weighted by molar-refractivity contribution is -0.149. The van der Waals surface area contributed by atoms with E-state index in [4.69, 9.17) is 4.74 Å². The van der Waals surface area contributed by atoms with E-state index in [1.54, 1.807) is 4.90 Å². The lowest BCUT2D eigenvalue weighted by Crippen LogP contribution is -2.68. The maximum atomic E-state index is 14.6. The molecule has 1 aliphatic carbocycles. The van der Waals surface area contributed by atoms with Gasteiger partial charge >= 0.3 is 0 Å². The number of hydrazine groups is 1. The van der Waals surface area contributed by atoms with E-state index in [1.165, 1.54) is 12.8 Å². The van der Waals surface area contributed by atoms with Crippen LogP contribution in [0.25, 0.3) is 0 Å². The highest BCUT2D eigenvalue weighted by atomic mass is 19.1. The molecule has 0 aromatic heterocycles. The van der Waals surface area contributed by atoms with Crippen molar-refractivity contribution in [3.8, 4) is 0 Å². The Bertz CT molecular complexity index is 448. The minimum absolute atomic E-state index is 0.00481. The van der Waals surface area contributed by atoms with Crippen molar-refractivity contribution in [3.63, 3.8) is 0 Å². The molecule has 1 saturated carbocycles. The summed E-state index contributed by atoms with van der Waals surface area (Å²) in [6.45, 7) is 5.06. The average molecular weight is 356 g/mol. The SMILES string of the molecule is CC(C)O[C@H]1CCN(C(=O)C2(C3CCCCCC3)NCNN2)C[C@H]1F. The lowest BCUT2D eigenvalue weighted by atomic mass is 9.84. The number of carbonyl (C=O) groups is 1. The third kappa shape index (κ3) is 4.15. The molecule has 0 bridgehead atoms. The largest absolute Gasteiger partial charge is 0.372 e. The normalized spacial score (nSPS) is 35.1. The Morgan fingerprint density at radius 1 is 1.20 bits per heavy atom. The van der Waals surface area contributed by atoms with Gasteiger partial charge in [0.2, 0.25) is 0 Å². The van der Waals surface area contributed by atoms with Gasteiger partial charge in [0.1, 0.15) is 6.17 Å². The van der Waals surface area contributed by atoms with Crippen LogP contribution >= 0.6 is 0 Å². The van der Waals surface area contributed by atoms with Gasteiger partial charge in [0, 0.05) is 12.5 Å². The number of nitrogens with zero attached hydrogens (tertiary/aromatic N) is 1. The summed E-state index contributed by atoms with van der Waals surface area (Å²) in [7, 11) is 0. The number of piperidine rings is 1. The summed E-state index contributed by atoms with van der Waals surface area (Å²) in [4.78, 5) is 15.0. The van der Waals surface area contributed by atoms with Crippen LogP contribution in [-0.2, 0) is 9.53 Å². The van der Waals surface area contributed by atoms with Gasteiger partial charge in [-0.1, -0.05) is 25.7 Å². The summed E-state index contributed by atoms with van der Waals surface area (Å²) < 4.78 is 20.2. The van der Waals surface area contributed by atoms with E-state index < -0.39 is 17.9 Å². The molecule has 25 heavy (non-hydrogen) atoms. The van der Waals surface area contributed by atoms with Gasteiger partial charge in [0.25, 0.3) is 5.91 Å². The van der Waals surface area contributed by atoms with Crippen molar-refractivity contribution in [3.05, 3.63) is 0 Å². The molecule has 0 aromatic carbocycles. The van der Waals surface area contributed by atoms with Gasteiger partial charge in [-0.15, -0.1) is 0 Å². The van der Waals surface area contributed by atoms with Crippen LogP contribution in [0.1, 0.15) is 58.8 Å². The fourth-order valence-electron chi connectivity index (χ4n) is 4.49. The number of alkyl halides is 1. The zero-order valence-corrected chi connectivity index (χ0v) is 15.5. The number of carbonyl (C=O) groups excluding carboxylic acids is 1. The molecule has 0 aromatic rings.